The first-order chi connectivity index (χ1) is 10.6. The first-order valence-corrected chi connectivity index (χ1v) is 7.13. The van der Waals surface area contributed by atoms with E-state index >= 15 is 0 Å². The molecule has 0 radical (unpaired) electrons. The van der Waals surface area contributed by atoms with Gasteiger partial charge in [0.05, 0.1) is 19.8 Å². The molecule has 2 aromatic rings. The van der Waals surface area contributed by atoms with Gasteiger partial charge in [-0.05, 0) is 41.8 Å². The number of carbonyl (C=O) groups excluding carboxylic acids is 1. The van der Waals surface area contributed by atoms with Gasteiger partial charge in [-0.25, -0.2) is 0 Å². The van der Waals surface area contributed by atoms with E-state index in [1.54, 1.807) is 12.1 Å². The summed E-state index contributed by atoms with van der Waals surface area (Å²) in [6.07, 6.45) is 4.63. The zero-order chi connectivity index (χ0) is 16.1. The molecule has 0 aliphatic rings. The Morgan fingerprint density at radius 2 is 1.68 bits per heavy atom. The van der Waals surface area contributed by atoms with Crippen molar-refractivity contribution in [3.63, 3.8) is 0 Å². The van der Waals surface area contributed by atoms with Crippen LogP contribution in [0.2, 0.25) is 5.02 Å². The average molecular weight is 317 g/mol. The highest BCUT2D eigenvalue weighted by molar-refractivity contribution is 6.31. The van der Waals surface area contributed by atoms with Crippen LogP contribution >= 0.6 is 11.6 Å². The second-order valence-electron chi connectivity index (χ2n) is 4.74. The quantitative estimate of drug-likeness (QED) is 0.595. The zero-order valence-corrected chi connectivity index (χ0v) is 13.5. The molecule has 3 nitrogen and oxygen atoms in total. The first kappa shape index (κ1) is 16.1. The van der Waals surface area contributed by atoms with Gasteiger partial charge in [0.2, 0.25) is 0 Å². The van der Waals surface area contributed by atoms with Gasteiger partial charge in [-0.2, -0.15) is 0 Å². The van der Waals surface area contributed by atoms with Gasteiger partial charge in [0.1, 0.15) is 11.5 Å². The number of rotatable bonds is 5. The molecule has 0 saturated carbocycles. The van der Waals surface area contributed by atoms with Crippen LogP contribution in [-0.2, 0) is 0 Å². The Morgan fingerprint density at radius 3 is 2.23 bits per heavy atom. The van der Waals surface area contributed by atoms with E-state index in [0.29, 0.717) is 17.1 Å². The largest absolute Gasteiger partial charge is 0.496 e. The van der Waals surface area contributed by atoms with Gasteiger partial charge in [0, 0.05) is 5.02 Å². The Morgan fingerprint density at radius 1 is 1.05 bits per heavy atom. The molecule has 0 saturated heterocycles. The maximum absolute atomic E-state index is 11.1. The number of benzene rings is 2. The van der Waals surface area contributed by atoms with E-state index in [9.17, 15) is 4.79 Å². The summed E-state index contributed by atoms with van der Waals surface area (Å²) in [6, 6.07) is 9.35. The fourth-order valence-electron chi connectivity index (χ4n) is 2.16. The molecule has 0 aromatic heterocycles. The van der Waals surface area contributed by atoms with E-state index in [-0.39, 0.29) is 0 Å². The Balaban J connectivity index is 2.43. The summed E-state index contributed by atoms with van der Waals surface area (Å²) < 4.78 is 10.5. The van der Waals surface area contributed by atoms with Crippen molar-refractivity contribution in [2.75, 3.05) is 14.2 Å². The number of aldehydes is 1. The molecule has 0 aliphatic carbocycles. The predicted molar refractivity (Wildman–Crippen MR) is 90.1 cm³/mol. The smallest absolute Gasteiger partial charge is 0.157 e. The molecule has 0 fully saturated rings. The lowest BCUT2D eigenvalue weighted by molar-refractivity contribution is 0.111. The molecule has 22 heavy (non-hydrogen) atoms. The lowest BCUT2D eigenvalue weighted by Gasteiger charge is -2.10. The maximum atomic E-state index is 11.1. The van der Waals surface area contributed by atoms with Gasteiger partial charge in [0.25, 0.3) is 0 Å². The topological polar surface area (TPSA) is 35.5 Å². The SMILES string of the molecule is COc1cc(/C=C/c2cccc(Cl)c2C)cc(OC)c1C=O. The van der Waals surface area contributed by atoms with Crippen molar-refractivity contribution in [1.82, 2.24) is 0 Å². The molecule has 4 heteroatoms. The van der Waals surface area contributed by atoms with Crippen LogP contribution in [0.25, 0.3) is 12.2 Å². The summed E-state index contributed by atoms with van der Waals surface area (Å²) in [5.74, 6) is 0.966. The van der Waals surface area contributed by atoms with E-state index in [1.165, 1.54) is 14.2 Å². The molecular weight excluding hydrogens is 300 g/mol. The highest BCUT2D eigenvalue weighted by Gasteiger charge is 2.10. The van der Waals surface area contributed by atoms with Gasteiger partial charge < -0.3 is 9.47 Å². The van der Waals surface area contributed by atoms with E-state index in [4.69, 9.17) is 21.1 Å². The summed E-state index contributed by atoms with van der Waals surface area (Å²) in [5, 5.41) is 0.730. The second kappa shape index (κ2) is 7.14. The van der Waals surface area contributed by atoms with E-state index in [1.807, 2.05) is 37.3 Å². The monoisotopic (exact) mass is 316 g/mol. The minimum atomic E-state index is 0.404. The number of hydrogen-bond donors (Lipinski definition) is 0. The van der Waals surface area contributed by atoms with E-state index < -0.39 is 0 Å². The molecule has 0 spiro atoms. The van der Waals surface area contributed by atoms with E-state index in [2.05, 4.69) is 0 Å². The predicted octanol–water partition coefficient (Wildman–Crippen LogP) is 4.65. The Kier molecular flexibility index (Phi) is 5.23. The number of halogens is 1. The van der Waals surface area contributed by atoms with Crippen LogP contribution < -0.4 is 9.47 Å². The number of hydrogen-bond acceptors (Lipinski definition) is 3. The highest BCUT2D eigenvalue weighted by Crippen LogP contribution is 2.30. The summed E-state index contributed by atoms with van der Waals surface area (Å²) in [7, 11) is 3.05. The summed E-state index contributed by atoms with van der Waals surface area (Å²) in [6.45, 7) is 1.97. The molecular formula is C18H17ClO3. The van der Waals surface area contributed by atoms with Gasteiger partial charge in [0.15, 0.2) is 6.29 Å². The molecule has 0 unspecified atom stereocenters. The van der Waals surface area contributed by atoms with Crippen LogP contribution in [0.3, 0.4) is 0 Å². The summed E-state index contributed by atoms with van der Waals surface area (Å²) >= 11 is 6.12. The third-order valence-electron chi connectivity index (χ3n) is 3.45. The van der Waals surface area contributed by atoms with Gasteiger partial charge >= 0.3 is 0 Å². The summed E-state index contributed by atoms with van der Waals surface area (Å²) in [5.41, 5.74) is 3.33. The molecule has 0 amide bonds. The molecule has 0 bridgehead atoms. The van der Waals surface area contributed by atoms with Crippen molar-refractivity contribution < 1.29 is 14.3 Å². The highest BCUT2D eigenvalue weighted by atomic mass is 35.5. The van der Waals surface area contributed by atoms with Crippen LogP contribution in [0.5, 0.6) is 11.5 Å². The molecule has 114 valence electrons. The number of carbonyl (C=O) groups is 1. The van der Waals surface area contributed by atoms with Crippen molar-refractivity contribution >= 4 is 30.0 Å². The van der Waals surface area contributed by atoms with Crippen molar-refractivity contribution in [2.24, 2.45) is 0 Å². The Bertz CT molecular complexity index is 695. The first-order valence-electron chi connectivity index (χ1n) is 6.75. The van der Waals surface area contributed by atoms with Gasteiger partial charge in [-0.3, -0.25) is 4.79 Å². The van der Waals surface area contributed by atoms with Crippen LogP contribution in [0, 0.1) is 6.92 Å². The number of methoxy groups -OCH3 is 2. The average Bonchev–Trinajstić information content (AvgIpc) is 2.55. The summed E-state index contributed by atoms with van der Waals surface area (Å²) in [4.78, 5) is 11.1. The minimum Gasteiger partial charge on any atom is -0.496 e. The van der Waals surface area contributed by atoms with Crippen LogP contribution in [0.15, 0.2) is 30.3 Å². The second-order valence-corrected chi connectivity index (χ2v) is 5.15. The van der Waals surface area contributed by atoms with Crippen molar-refractivity contribution in [2.45, 2.75) is 6.92 Å². The van der Waals surface area contributed by atoms with Crippen molar-refractivity contribution in [3.8, 4) is 11.5 Å². The normalized spacial score (nSPS) is 10.7. The standard InChI is InChI=1S/C18H17ClO3/c1-12-14(5-4-6-16(12)19)8-7-13-9-17(21-2)15(11-20)18(10-13)22-3/h4-11H,1-3H3/b8-7+. The number of ether oxygens (including phenoxy) is 2. The third kappa shape index (κ3) is 3.31. The third-order valence-corrected chi connectivity index (χ3v) is 3.86. The van der Waals surface area contributed by atoms with Crippen molar-refractivity contribution in [3.05, 3.63) is 57.6 Å². The van der Waals surface area contributed by atoms with Crippen LogP contribution in [0.1, 0.15) is 27.0 Å². The molecule has 2 aromatic carbocycles. The Hall–Kier alpha value is -2.26. The van der Waals surface area contributed by atoms with Crippen LogP contribution in [0.4, 0.5) is 0 Å². The van der Waals surface area contributed by atoms with Gasteiger partial charge in [-0.15, -0.1) is 0 Å². The lowest BCUT2D eigenvalue weighted by Crippen LogP contribution is -1.96. The van der Waals surface area contributed by atoms with Gasteiger partial charge in [-0.1, -0.05) is 35.9 Å². The molecule has 2 rings (SSSR count). The molecule has 0 N–H and O–H groups in total. The fourth-order valence-corrected chi connectivity index (χ4v) is 2.34. The zero-order valence-electron chi connectivity index (χ0n) is 12.7. The molecule has 0 atom stereocenters. The van der Waals surface area contributed by atoms with Crippen molar-refractivity contribution in [1.29, 1.82) is 0 Å². The van der Waals surface area contributed by atoms with E-state index in [0.717, 1.165) is 28.0 Å². The maximum Gasteiger partial charge on any atom is 0.157 e. The minimum absolute atomic E-state index is 0.404. The molecule has 0 heterocycles. The van der Waals surface area contributed by atoms with Crippen LogP contribution in [-0.4, -0.2) is 20.5 Å². The lowest BCUT2D eigenvalue weighted by atomic mass is 10.1. The Labute approximate surface area is 135 Å². The fraction of sp³-hybridized carbons (Fsp3) is 0.167. The molecule has 0 aliphatic heterocycles.